The van der Waals surface area contributed by atoms with Crippen molar-refractivity contribution in [2.24, 2.45) is 10.7 Å². The molecule has 0 aromatic heterocycles. The molecule has 4 aromatic carbocycles. The molecule has 9 nitrogen and oxygen atoms in total. The Labute approximate surface area is 191 Å². The average molecular weight is 449 g/mol. The standard InChI is InChI=1S/C25H15N5O4/c26-25(27-23-17-9-7-13-3-1-5-15(21(13)17)11-19(23)29(31)32)28-24-18-10-8-14-4-2-6-16(22(14)18)12-20(24)30(33)34/h1-12H,(H3,26,27,28). The molecular weight excluding hydrogens is 434 g/mol. The van der Waals surface area contributed by atoms with Crippen LogP contribution in [0.2, 0.25) is 0 Å². The fourth-order valence-corrected chi connectivity index (χ4v) is 4.76. The Balaban J connectivity index is 1.53. The number of hydrogen-bond acceptors (Lipinski definition) is 5. The number of aliphatic imine (C=N–C) groups is 1. The van der Waals surface area contributed by atoms with E-state index in [1.165, 1.54) is 12.1 Å². The first-order valence-electron chi connectivity index (χ1n) is 10.4. The lowest BCUT2D eigenvalue weighted by molar-refractivity contribution is -0.384. The second-order valence-electron chi connectivity index (χ2n) is 8.04. The predicted octanol–water partition coefficient (Wildman–Crippen LogP) is 5.84. The van der Waals surface area contributed by atoms with Gasteiger partial charge in [-0.15, -0.1) is 0 Å². The lowest BCUT2D eigenvalue weighted by Crippen LogP contribution is -2.23. The van der Waals surface area contributed by atoms with Crippen LogP contribution < -0.4 is 11.1 Å². The van der Waals surface area contributed by atoms with Crippen molar-refractivity contribution in [1.82, 2.24) is 0 Å². The molecule has 164 valence electrons. The number of hydrogen-bond donors (Lipinski definition) is 2. The molecule has 0 aliphatic heterocycles. The maximum absolute atomic E-state index is 11.8. The number of anilines is 1. The third kappa shape index (κ3) is 2.77. The number of nitrogens with zero attached hydrogens (tertiary/aromatic N) is 3. The number of benzene rings is 4. The third-order valence-corrected chi connectivity index (χ3v) is 6.14. The molecule has 0 unspecified atom stereocenters. The largest absolute Gasteiger partial charge is 0.369 e. The topological polar surface area (TPSA) is 137 Å². The van der Waals surface area contributed by atoms with Gasteiger partial charge in [0.1, 0.15) is 5.69 Å². The van der Waals surface area contributed by atoms with Gasteiger partial charge in [0.2, 0.25) is 0 Å². The summed E-state index contributed by atoms with van der Waals surface area (Å²) in [5, 5.41) is 29.7. The molecular formula is C25H15N5O4. The summed E-state index contributed by atoms with van der Waals surface area (Å²) in [6.07, 6.45) is 7.30. The van der Waals surface area contributed by atoms with E-state index in [1.54, 1.807) is 12.2 Å². The summed E-state index contributed by atoms with van der Waals surface area (Å²) in [6, 6.07) is 14.1. The van der Waals surface area contributed by atoms with Crippen LogP contribution in [0.25, 0.3) is 45.8 Å². The molecule has 0 heterocycles. The summed E-state index contributed by atoms with van der Waals surface area (Å²) in [5.41, 5.74) is 9.20. The minimum Gasteiger partial charge on any atom is -0.369 e. The normalized spacial score (nSPS) is 13.2. The molecule has 0 amide bonds. The first-order valence-corrected chi connectivity index (χ1v) is 10.4. The highest BCUT2D eigenvalue weighted by molar-refractivity contribution is 6.14. The maximum atomic E-state index is 11.8. The zero-order chi connectivity index (χ0) is 23.6. The molecule has 34 heavy (non-hydrogen) atoms. The van der Waals surface area contributed by atoms with E-state index in [0.717, 1.165) is 32.7 Å². The van der Waals surface area contributed by atoms with Gasteiger partial charge in [-0.3, -0.25) is 20.2 Å². The van der Waals surface area contributed by atoms with Gasteiger partial charge in [-0.25, -0.2) is 4.99 Å². The molecule has 9 heteroatoms. The predicted molar refractivity (Wildman–Crippen MR) is 134 cm³/mol. The number of nitro groups is 2. The summed E-state index contributed by atoms with van der Waals surface area (Å²) in [6.45, 7) is 0. The van der Waals surface area contributed by atoms with Crippen LogP contribution in [-0.2, 0) is 0 Å². The highest BCUT2D eigenvalue weighted by atomic mass is 16.6. The minimum absolute atomic E-state index is 0.0970. The molecule has 4 aromatic rings. The SMILES string of the molecule is NC(=Nc1c([N+](=O)[O-])cc2cccc3c2c1C=C3)Nc1c([N+](=O)[O-])cc2cccc3c2c1C=C3. The first-order chi connectivity index (χ1) is 16.4. The number of rotatable bonds is 4. The highest BCUT2D eigenvalue weighted by Crippen LogP contribution is 2.44. The van der Waals surface area contributed by atoms with E-state index in [9.17, 15) is 20.2 Å². The van der Waals surface area contributed by atoms with Crippen LogP contribution in [-0.4, -0.2) is 15.8 Å². The van der Waals surface area contributed by atoms with Gasteiger partial charge in [0, 0.05) is 23.3 Å². The van der Waals surface area contributed by atoms with Crippen LogP contribution in [0.1, 0.15) is 22.3 Å². The van der Waals surface area contributed by atoms with Gasteiger partial charge in [0.25, 0.3) is 11.4 Å². The van der Waals surface area contributed by atoms with Crippen LogP contribution in [0.15, 0.2) is 53.5 Å². The van der Waals surface area contributed by atoms with Gasteiger partial charge in [-0.1, -0.05) is 60.7 Å². The summed E-state index contributed by atoms with van der Waals surface area (Å²) < 4.78 is 0. The molecule has 0 atom stereocenters. The van der Waals surface area contributed by atoms with Crippen molar-refractivity contribution in [2.75, 3.05) is 5.32 Å². The molecule has 2 aliphatic rings. The Bertz CT molecular complexity index is 1700. The Morgan fingerprint density at radius 3 is 1.97 bits per heavy atom. The molecule has 0 spiro atoms. The number of guanidine groups is 1. The number of nitrogens with one attached hydrogen (secondary N) is 1. The summed E-state index contributed by atoms with van der Waals surface area (Å²) >= 11 is 0. The number of nitro benzene ring substituents is 2. The van der Waals surface area contributed by atoms with E-state index in [2.05, 4.69) is 10.3 Å². The van der Waals surface area contributed by atoms with Crippen molar-refractivity contribution in [3.8, 4) is 0 Å². The third-order valence-electron chi connectivity index (χ3n) is 6.14. The fourth-order valence-electron chi connectivity index (χ4n) is 4.76. The Morgan fingerprint density at radius 1 is 0.794 bits per heavy atom. The summed E-state index contributed by atoms with van der Waals surface area (Å²) in [7, 11) is 0. The van der Waals surface area contributed by atoms with Gasteiger partial charge in [-0.2, -0.15) is 0 Å². The molecule has 2 aliphatic carbocycles. The van der Waals surface area contributed by atoms with E-state index in [4.69, 9.17) is 5.73 Å². The Kier molecular flexibility index (Phi) is 4.03. The molecule has 0 fully saturated rings. The van der Waals surface area contributed by atoms with Crippen LogP contribution in [0, 0.1) is 20.2 Å². The Hall–Kier alpha value is -5.05. The molecule has 6 rings (SSSR count). The van der Waals surface area contributed by atoms with Crippen LogP contribution in [0.5, 0.6) is 0 Å². The van der Waals surface area contributed by atoms with Crippen molar-refractivity contribution < 1.29 is 9.85 Å². The summed E-state index contributed by atoms with van der Waals surface area (Å²) in [5.74, 6) is -0.187. The van der Waals surface area contributed by atoms with Gasteiger partial charge < -0.3 is 11.1 Å². The van der Waals surface area contributed by atoms with Gasteiger partial charge >= 0.3 is 0 Å². The highest BCUT2D eigenvalue weighted by Gasteiger charge is 2.26. The van der Waals surface area contributed by atoms with Crippen molar-refractivity contribution in [3.63, 3.8) is 0 Å². The van der Waals surface area contributed by atoms with Crippen molar-refractivity contribution in [3.05, 3.63) is 91.0 Å². The monoisotopic (exact) mass is 449 g/mol. The fraction of sp³-hybridized carbons (Fsp3) is 0. The Morgan fingerprint density at radius 2 is 1.35 bits per heavy atom. The van der Waals surface area contributed by atoms with Crippen molar-refractivity contribution >= 4 is 74.6 Å². The van der Waals surface area contributed by atoms with Gasteiger partial charge in [0.05, 0.1) is 9.85 Å². The second-order valence-corrected chi connectivity index (χ2v) is 8.04. The quantitative estimate of drug-likeness (QED) is 0.150. The van der Waals surface area contributed by atoms with Crippen LogP contribution in [0.4, 0.5) is 22.7 Å². The van der Waals surface area contributed by atoms with Crippen molar-refractivity contribution in [1.29, 1.82) is 0 Å². The van der Waals surface area contributed by atoms with Gasteiger partial charge in [0.15, 0.2) is 11.6 Å². The molecule has 0 saturated carbocycles. The minimum atomic E-state index is -0.506. The molecule has 3 N–H and O–H groups in total. The lowest BCUT2D eigenvalue weighted by atomic mass is 10.0. The molecule has 0 radical (unpaired) electrons. The summed E-state index contributed by atoms with van der Waals surface area (Å²) in [4.78, 5) is 27.0. The lowest BCUT2D eigenvalue weighted by Gasteiger charge is -2.12. The van der Waals surface area contributed by atoms with E-state index < -0.39 is 9.85 Å². The maximum Gasteiger partial charge on any atom is 0.296 e. The number of nitrogens with two attached hydrogens (primary N) is 1. The zero-order valence-electron chi connectivity index (χ0n) is 17.5. The second kappa shape index (κ2) is 6.97. The van der Waals surface area contributed by atoms with Crippen LogP contribution in [0.3, 0.4) is 0 Å². The molecule has 0 bridgehead atoms. The van der Waals surface area contributed by atoms with E-state index in [1.807, 2.05) is 48.6 Å². The zero-order valence-corrected chi connectivity index (χ0v) is 17.5. The first kappa shape index (κ1) is 19.6. The van der Waals surface area contributed by atoms with E-state index >= 15 is 0 Å². The molecule has 0 saturated heterocycles. The smallest absolute Gasteiger partial charge is 0.296 e. The van der Waals surface area contributed by atoms with E-state index in [0.29, 0.717) is 11.1 Å². The van der Waals surface area contributed by atoms with E-state index in [-0.39, 0.29) is 28.7 Å². The average Bonchev–Trinajstić information content (AvgIpc) is 3.44. The van der Waals surface area contributed by atoms with Gasteiger partial charge in [-0.05, 0) is 32.7 Å². The van der Waals surface area contributed by atoms with Crippen molar-refractivity contribution in [2.45, 2.75) is 0 Å². The van der Waals surface area contributed by atoms with Crippen LogP contribution >= 0.6 is 0 Å².